The van der Waals surface area contributed by atoms with E-state index >= 15 is 0 Å². The minimum atomic E-state index is -0.754. The van der Waals surface area contributed by atoms with Crippen molar-refractivity contribution in [3.63, 3.8) is 0 Å². The molecule has 1 aromatic rings. The van der Waals surface area contributed by atoms with Crippen LogP contribution in [0.2, 0.25) is 0 Å². The van der Waals surface area contributed by atoms with Crippen LogP contribution < -0.4 is 5.32 Å². The van der Waals surface area contributed by atoms with Gasteiger partial charge in [0.25, 0.3) is 0 Å². The summed E-state index contributed by atoms with van der Waals surface area (Å²) in [4.78, 5) is 22.5. The highest BCUT2D eigenvalue weighted by Gasteiger charge is 2.31. The van der Waals surface area contributed by atoms with Gasteiger partial charge in [0.15, 0.2) is 0 Å². The largest absolute Gasteiger partial charge is 0.404 e. The van der Waals surface area contributed by atoms with E-state index in [-0.39, 0.29) is 16.2 Å². The Morgan fingerprint density at radius 2 is 2.29 bits per heavy atom. The first kappa shape index (κ1) is 17.2. The maximum absolute atomic E-state index is 12.3. The summed E-state index contributed by atoms with van der Waals surface area (Å²) in [5, 5.41) is 17.5. The Kier molecular flexibility index (Phi) is 5.12. The Bertz CT molecular complexity index is 620. The van der Waals surface area contributed by atoms with Crippen LogP contribution in [0.15, 0.2) is 4.47 Å². The molecule has 0 saturated carbocycles. The average molecular weight is 357 g/mol. The summed E-state index contributed by atoms with van der Waals surface area (Å²) in [7, 11) is 0. The highest BCUT2D eigenvalue weighted by Crippen LogP contribution is 2.29. The predicted molar refractivity (Wildman–Crippen MR) is 81.7 cm³/mol. The van der Waals surface area contributed by atoms with Gasteiger partial charge in [-0.25, -0.2) is 0 Å². The molecule has 1 amide bonds. The summed E-state index contributed by atoms with van der Waals surface area (Å²) in [6, 6.07) is -0.714. The molecule has 0 unspecified atom stereocenters. The second-order valence-corrected chi connectivity index (χ2v) is 5.71. The first-order chi connectivity index (χ1) is 9.66. The lowest BCUT2D eigenvalue weighted by Gasteiger charge is -2.25. The maximum atomic E-state index is 12.3. The number of amides is 1. The summed E-state index contributed by atoms with van der Waals surface area (Å²) >= 11 is 3.12. The third-order valence-electron chi connectivity index (χ3n) is 3.40. The number of terminal acetylenes is 1. The summed E-state index contributed by atoms with van der Waals surface area (Å²) in [6.07, 6.45) is 5.99. The molecule has 1 heterocycles. The van der Waals surface area contributed by atoms with Gasteiger partial charge in [-0.2, -0.15) is 4.68 Å². The van der Waals surface area contributed by atoms with E-state index in [1.54, 1.807) is 20.8 Å². The second kappa shape index (κ2) is 6.26. The number of nitro groups is 1. The van der Waals surface area contributed by atoms with E-state index < -0.39 is 16.5 Å². The van der Waals surface area contributed by atoms with Gasteiger partial charge < -0.3 is 15.4 Å². The molecule has 21 heavy (non-hydrogen) atoms. The van der Waals surface area contributed by atoms with Gasteiger partial charge >= 0.3 is 5.82 Å². The molecular weight excluding hydrogens is 340 g/mol. The lowest BCUT2D eigenvalue weighted by Crippen LogP contribution is -2.47. The van der Waals surface area contributed by atoms with E-state index in [4.69, 9.17) is 6.42 Å². The Morgan fingerprint density at radius 3 is 2.67 bits per heavy atom. The summed E-state index contributed by atoms with van der Waals surface area (Å²) in [6.45, 7) is 6.86. The molecule has 0 spiro atoms. The molecule has 7 nitrogen and oxygen atoms in total. The monoisotopic (exact) mass is 356 g/mol. The highest BCUT2D eigenvalue weighted by atomic mass is 79.9. The van der Waals surface area contributed by atoms with Crippen molar-refractivity contribution in [2.45, 2.75) is 45.7 Å². The molecule has 0 fully saturated rings. The van der Waals surface area contributed by atoms with Gasteiger partial charge in [-0.05, 0) is 48.0 Å². The van der Waals surface area contributed by atoms with Crippen molar-refractivity contribution in [2.24, 2.45) is 0 Å². The van der Waals surface area contributed by atoms with Crippen molar-refractivity contribution in [3.05, 3.63) is 20.3 Å². The average Bonchev–Trinajstić information content (AvgIpc) is 2.74. The number of rotatable bonds is 5. The summed E-state index contributed by atoms with van der Waals surface area (Å²) in [5.41, 5.74) is -0.251. The van der Waals surface area contributed by atoms with Crippen LogP contribution in [0, 0.1) is 29.4 Å². The standard InChI is InChI=1S/C13H17BrN4O3/c1-6-13(5,7-2)15-12(19)9(4)17-8(3)10(14)11(16-17)18(20)21/h1,9H,7H2,2-5H3,(H,15,19)/t9-,13-/m0/s1. The smallest absolute Gasteiger partial charge is 0.358 e. The van der Waals surface area contributed by atoms with Gasteiger partial charge in [-0.15, -0.1) is 6.42 Å². The van der Waals surface area contributed by atoms with E-state index in [1.807, 2.05) is 6.92 Å². The molecule has 114 valence electrons. The predicted octanol–water partition coefficient (Wildman–Crippen LogP) is 2.34. The van der Waals surface area contributed by atoms with Crippen molar-refractivity contribution < 1.29 is 9.72 Å². The number of carbonyl (C=O) groups excluding carboxylic acids is 1. The Balaban J connectivity index is 3.07. The molecule has 8 heteroatoms. The molecule has 1 rings (SSSR count). The van der Waals surface area contributed by atoms with E-state index in [1.165, 1.54) is 4.68 Å². The van der Waals surface area contributed by atoms with E-state index in [0.29, 0.717) is 12.1 Å². The molecule has 1 N–H and O–H groups in total. The number of aromatic nitrogens is 2. The zero-order valence-electron chi connectivity index (χ0n) is 12.3. The minimum absolute atomic E-state index is 0.266. The van der Waals surface area contributed by atoms with Gasteiger partial charge in [-0.1, -0.05) is 12.8 Å². The lowest BCUT2D eigenvalue weighted by atomic mass is 10.00. The number of hydrogen-bond donors (Lipinski definition) is 1. The Labute approximate surface area is 131 Å². The molecule has 0 bridgehead atoms. The summed E-state index contributed by atoms with van der Waals surface area (Å²) in [5.74, 6) is 1.88. The first-order valence-electron chi connectivity index (χ1n) is 6.35. The summed E-state index contributed by atoms with van der Waals surface area (Å²) < 4.78 is 1.58. The van der Waals surface area contributed by atoms with Crippen LogP contribution in [-0.2, 0) is 4.79 Å². The van der Waals surface area contributed by atoms with Crippen LogP contribution in [0.25, 0.3) is 0 Å². The number of nitrogens with zero attached hydrogens (tertiary/aromatic N) is 3. The number of nitrogens with one attached hydrogen (secondary N) is 1. The van der Waals surface area contributed by atoms with E-state index in [0.717, 1.165) is 0 Å². The Morgan fingerprint density at radius 1 is 1.71 bits per heavy atom. The zero-order valence-corrected chi connectivity index (χ0v) is 13.9. The lowest BCUT2D eigenvalue weighted by molar-refractivity contribution is -0.390. The van der Waals surface area contributed by atoms with Crippen LogP contribution in [0.1, 0.15) is 38.9 Å². The quantitative estimate of drug-likeness (QED) is 0.498. The number of halogens is 1. The van der Waals surface area contributed by atoms with Gasteiger partial charge in [0.2, 0.25) is 5.91 Å². The highest BCUT2D eigenvalue weighted by molar-refractivity contribution is 9.10. The second-order valence-electron chi connectivity index (χ2n) is 4.92. The molecule has 0 aliphatic carbocycles. The zero-order chi connectivity index (χ0) is 16.4. The van der Waals surface area contributed by atoms with Gasteiger partial charge in [0, 0.05) is 0 Å². The fraction of sp³-hybridized carbons (Fsp3) is 0.538. The van der Waals surface area contributed by atoms with Crippen LogP contribution in [0.3, 0.4) is 0 Å². The van der Waals surface area contributed by atoms with Gasteiger partial charge in [-0.3, -0.25) is 4.79 Å². The molecule has 0 aliphatic heterocycles. The van der Waals surface area contributed by atoms with Crippen LogP contribution in [-0.4, -0.2) is 26.1 Å². The normalized spacial score (nSPS) is 14.9. The maximum Gasteiger partial charge on any atom is 0.404 e. The fourth-order valence-electron chi connectivity index (χ4n) is 1.69. The molecule has 1 aromatic heterocycles. The molecule has 2 atom stereocenters. The first-order valence-corrected chi connectivity index (χ1v) is 7.15. The SMILES string of the molecule is C#C[C@@](C)(CC)NC(=O)[C@H](C)n1nc([N+](=O)[O-])c(Br)c1C. The molecule has 0 aromatic carbocycles. The fourth-order valence-corrected chi connectivity index (χ4v) is 2.10. The minimum Gasteiger partial charge on any atom is -0.358 e. The third kappa shape index (κ3) is 3.42. The van der Waals surface area contributed by atoms with Crippen molar-refractivity contribution >= 4 is 27.7 Å². The van der Waals surface area contributed by atoms with E-state index in [2.05, 4.69) is 32.3 Å². The molecule has 0 radical (unpaired) electrons. The molecular formula is C13H17BrN4O3. The van der Waals surface area contributed by atoms with Crippen LogP contribution >= 0.6 is 15.9 Å². The van der Waals surface area contributed by atoms with Crippen molar-refractivity contribution in [1.29, 1.82) is 0 Å². The molecule has 0 aliphatic rings. The van der Waals surface area contributed by atoms with E-state index in [9.17, 15) is 14.9 Å². The number of hydrogen-bond acceptors (Lipinski definition) is 4. The van der Waals surface area contributed by atoms with Crippen molar-refractivity contribution in [2.75, 3.05) is 0 Å². The van der Waals surface area contributed by atoms with Crippen molar-refractivity contribution in [3.8, 4) is 12.3 Å². The van der Waals surface area contributed by atoms with Gasteiger partial charge in [0.05, 0.1) is 16.3 Å². The Hall–Kier alpha value is -1.88. The molecule has 0 saturated heterocycles. The topological polar surface area (TPSA) is 90.1 Å². The number of carbonyl (C=O) groups is 1. The van der Waals surface area contributed by atoms with Crippen LogP contribution in [0.4, 0.5) is 5.82 Å². The third-order valence-corrected chi connectivity index (χ3v) is 4.33. The van der Waals surface area contributed by atoms with Crippen LogP contribution in [0.5, 0.6) is 0 Å². The van der Waals surface area contributed by atoms with Gasteiger partial charge in [0.1, 0.15) is 10.5 Å². The van der Waals surface area contributed by atoms with Crippen molar-refractivity contribution in [1.82, 2.24) is 15.1 Å².